The Hall–Kier alpha value is -1.68. The summed E-state index contributed by atoms with van der Waals surface area (Å²) in [6, 6.07) is 8.30. The number of nitrogens with zero attached hydrogens (tertiary/aromatic N) is 2. The van der Waals surface area contributed by atoms with Gasteiger partial charge in [0, 0.05) is 11.5 Å². The van der Waals surface area contributed by atoms with Crippen molar-refractivity contribution in [3.63, 3.8) is 0 Å². The summed E-state index contributed by atoms with van der Waals surface area (Å²) in [5.41, 5.74) is 2.35. The standard InChI is InChI=1S/C17H23N3O/c1-17(2,3)14-7-5-4-6-13(14)16-19-15(20-21-16)12-8-10-18-11-9-12/h4-7,12,18H,8-11H2,1-3H3. The minimum atomic E-state index is 0.0555. The van der Waals surface area contributed by atoms with Crippen LogP contribution in [0.2, 0.25) is 0 Å². The largest absolute Gasteiger partial charge is 0.334 e. The van der Waals surface area contributed by atoms with Gasteiger partial charge in [-0.3, -0.25) is 0 Å². The Morgan fingerprint density at radius 1 is 1.14 bits per heavy atom. The average molecular weight is 285 g/mol. The van der Waals surface area contributed by atoms with Gasteiger partial charge < -0.3 is 9.84 Å². The molecule has 0 saturated carbocycles. The molecule has 1 aromatic carbocycles. The second kappa shape index (κ2) is 5.60. The minimum absolute atomic E-state index is 0.0555. The van der Waals surface area contributed by atoms with Gasteiger partial charge in [-0.2, -0.15) is 4.98 Å². The maximum atomic E-state index is 5.56. The van der Waals surface area contributed by atoms with Crippen molar-refractivity contribution in [3.05, 3.63) is 35.7 Å². The SMILES string of the molecule is CC(C)(C)c1ccccc1-c1nc(C2CCNCC2)no1. The van der Waals surface area contributed by atoms with Crippen LogP contribution in [0.5, 0.6) is 0 Å². The Labute approximate surface area is 126 Å². The molecule has 112 valence electrons. The number of rotatable bonds is 2. The highest BCUT2D eigenvalue weighted by molar-refractivity contribution is 5.60. The van der Waals surface area contributed by atoms with Crippen molar-refractivity contribution in [3.8, 4) is 11.5 Å². The molecular formula is C17H23N3O. The predicted octanol–water partition coefficient (Wildman–Crippen LogP) is 3.50. The van der Waals surface area contributed by atoms with Crippen molar-refractivity contribution in [2.24, 2.45) is 0 Å². The summed E-state index contributed by atoms with van der Waals surface area (Å²) >= 11 is 0. The first-order valence-electron chi connectivity index (χ1n) is 7.70. The zero-order valence-corrected chi connectivity index (χ0v) is 13.0. The van der Waals surface area contributed by atoms with E-state index in [4.69, 9.17) is 4.52 Å². The Balaban J connectivity index is 1.93. The molecule has 0 atom stereocenters. The lowest BCUT2D eigenvalue weighted by molar-refractivity contribution is 0.391. The molecule has 4 heteroatoms. The van der Waals surface area contributed by atoms with E-state index in [2.05, 4.69) is 54.4 Å². The molecule has 0 amide bonds. The molecule has 0 bridgehead atoms. The second-order valence-corrected chi connectivity index (χ2v) is 6.78. The van der Waals surface area contributed by atoms with Crippen LogP contribution in [0.4, 0.5) is 0 Å². The zero-order chi connectivity index (χ0) is 14.9. The zero-order valence-electron chi connectivity index (χ0n) is 13.0. The van der Waals surface area contributed by atoms with Gasteiger partial charge in [-0.25, -0.2) is 0 Å². The van der Waals surface area contributed by atoms with E-state index in [1.807, 2.05) is 6.07 Å². The molecule has 21 heavy (non-hydrogen) atoms. The Bertz CT molecular complexity index is 606. The molecule has 1 N–H and O–H groups in total. The first kappa shape index (κ1) is 14.3. The number of hydrogen-bond acceptors (Lipinski definition) is 4. The Kier molecular flexibility index (Phi) is 3.81. The average Bonchev–Trinajstić information content (AvgIpc) is 2.97. The van der Waals surface area contributed by atoms with Crippen molar-refractivity contribution in [2.45, 2.75) is 44.9 Å². The quantitative estimate of drug-likeness (QED) is 0.917. The van der Waals surface area contributed by atoms with Crippen molar-refractivity contribution in [1.29, 1.82) is 0 Å². The van der Waals surface area contributed by atoms with Crippen LogP contribution in [-0.4, -0.2) is 23.2 Å². The lowest BCUT2D eigenvalue weighted by atomic mass is 9.84. The van der Waals surface area contributed by atoms with E-state index in [1.165, 1.54) is 5.56 Å². The highest BCUT2D eigenvalue weighted by atomic mass is 16.5. The van der Waals surface area contributed by atoms with Gasteiger partial charge in [0.05, 0.1) is 0 Å². The van der Waals surface area contributed by atoms with Gasteiger partial charge in [-0.15, -0.1) is 0 Å². The first-order chi connectivity index (χ1) is 10.1. The predicted molar refractivity (Wildman–Crippen MR) is 83.3 cm³/mol. The topological polar surface area (TPSA) is 51.0 Å². The monoisotopic (exact) mass is 285 g/mol. The van der Waals surface area contributed by atoms with E-state index in [-0.39, 0.29) is 5.41 Å². The van der Waals surface area contributed by atoms with Crippen LogP contribution in [0, 0.1) is 0 Å². The summed E-state index contributed by atoms with van der Waals surface area (Å²) in [5.74, 6) is 1.93. The van der Waals surface area contributed by atoms with E-state index in [0.29, 0.717) is 11.8 Å². The van der Waals surface area contributed by atoms with Crippen LogP contribution < -0.4 is 5.32 Å². The van der Waals surface area contributed by atoms with Gasteiger partial charge in [0.1, 0.15) is 0 Å². The van der Waals surface area contributed by atoms with Crippen molar-refractivity contribution < 1.29 is 4.52 Å². The van der Waals surface area contributed by atoms with Crippen LogP contribution >= 0.6 is 0 Å². The molecule has 4 nitrogen and oxygen atoms in total. The van der Waals surface area contributed by atoms with Crippen LogP contribution in [0.3, 0.4) is 0 Å². The van der Waals surface area contributed by atoms with E-state index in [1.54, 1.807) is 0 Å². The number of benzene rings is 1. The van der Waals surface area contributed by atoms with Gasteiger partial charge in [0.25, 0.3) is 5.89 Å². The molecule has 0 radical (unpaired) electrons. The van der Waals surface area contributed by atoms with E-state index in [0.717, 1.165) is 37.3 Å². The summed E-state index contributed by atoms with van der Waals surface area (Å²) < 4.78 is 5.56. The molecule has 1 aliphatic rings. The number of piperidine rings is 1. The van der Waals surface area contributed by atoms with Gasteiger partial charge in [0.2, 0.25) is 0 Å². The molecule has 0 spiro atoms. The van der Waals surface area contributed by atoms with E-state index in [9.17, 15) is 0 Å². The molecular weight excluding hydrogens is 262 g/mol. The fraction of sp³-hybridized carbons (Fsp3) is 0.529. The van der Waals surface area contributed by atoms with Crippen molar-refractivity contribution in [2.75, 3.05) is 13.1 Å². The van der Waals surface area contributed by atoms with Crippen molar-refractivity contribution >= 4 is 0 Å². The number of hydrogen-bond donors (Lipinski definition) is 1. The van der Waals surface area contributed by atoms with Gasteiger partial charge in [-0.1, -0.05) is 44.1 Å². The fourth-order valence-corrected chi connectivity index (χ4v) is 2.91. The Morgan fingerprint density at radius 2 is 1.86 bits per heavy atom. The molecule has 2 aromatic rings. The highest BCUT2D eigenvalue weighted by Gasteiger charge is 2.24. The minimum Gasteiger partial charge on any atom is -0.334 e. The molecule has 1 fully saturated rings. The van der Waals surface area contributed by atoms with E-state index >= 15 is 0 Å². The Morgan fingerprint density at radius 3 is 2.57 bits per heavy atom. The van der Waals surface area contributed by atoms with Crippen LogP contribution in [0.25, 0.3) is 11.5 Å². The van der Waals surface area contributed by atoms with Crippen LogP contribution in [-0.2, 0) is 5.41 Å². The molecule has 0 unspecified atom stereocenters. The third-order valence-electron chi connectivity index (χ3n) is 4.11. The third kappa shape index (κ3) is 3.00. The maximum Gasteiger partial charge on any atom is 0.258 e. The van der Waals surface area contributed by atoms with Crippen LogP contribution in [0.15, 0.2) is 28.8 Å². The third-order valence-corrected chi connectivity index (χ3v) is 4.11. The molecule has 1 aliphatic heterocycles. The summed E-state index contributed by atoms with van der Waals surface area (Å²) in [6.45, 7) is 8.68. The number of aromatic nitrogens is 2. The highest BCUT2D eigenvalue weighted by Crippen LogP contribution is 2.33. The normalized spacial score (nSPS) is 17.1. The second-order valence-electron chi connectivity index (χ2n) is 6.78. The van der Waals surface area contributed by atoms with Gasteiger partial charge in [-0.05, 0) is 43.0 Å². The van der Waals surface area contributed by atoms with Gasteiger partial charge in [0.15, 0.2) is 5.82 Å². The summed E-state index contributed by atoms with van der Waals surface area (Å²) in [4.78, 5) is 4.67. The molecule has 1 aromatic heterocycles. The van der Waals surface area contributed by atoms with Gasteiger partial charge >= 0.3 is 0 Å². The summed E-state index contributed by atoms with van der Waals surface area (Å²) in [7, 11) is 0. The first-order valence-corrected chi connectivity index (χ1v) is 7.70. The fourth-order valence-electron chi connectivity index (χ4n) is 2.91. The van der Waals surface area contributed by atoms with Crippen LogP contribution in [0.1, 0.15) is 50.9 Å². The molecule has 3 rings (SSSR count). The van der Waals surface area contributed by atoms with Crippen molar-refractivity contribution in [1.82, 2.24) is 15.5 Å². The lowest BCUT2D eigenvalue weighted by Gasteiger charge is -2.21. The maximum absolute atomic E-state index is 5.56. The molecule has 2 heterocycles. The smallest absolute Gasteiger partial charge is 0.258 e. The summed E-state index contributed by atoms with van der Waals surface area (Å²) in [6.07, 6.45) is 2.17. The number of nitrogens with one attached hydrogen (secondary N) is 1. The molecule has 1 saturated heterocycles. The summed E-state index contributed by atoms with van der Waals surface area (Å²) in [5, 5.41) is 7.59. The lowest BCUT2D eigenvalue weighted by Crippen LogP contribution is -2.27. The van der Waals surface area contributed by atoms with E-state index < -0.39 is 0 Å². The molecule has 0 aliphatic carbocycles.